The number of rotatable bonds is 4. The second kappa shape index (κ2) is 4.57. The van der Waals surface area contributed by atoms with Gasteiger partial charge in [0.2, 0.25) is 0 Å². The third kappa shape index (κ3) is 1.93. The van der Waals surface area contributed by atoms with E-state index in [1.807, 2.05) is 0 Å². The van der Waals surface area contributed by atoms with Crippen LogP contribution in [0.25, 0.3) is 0 Å². The fourth-order valence-electron chi connectivity index (χ4n) is 1.97. The Morgan fingerprint density at radius 2 is 2.07 bits per heavy atom. The summed E-state index contributed by atoms with van der Waals surface area (Å²) >= 11 is 0. The highest BCUT2D eigenvalue weighted by Crippen LogP contribution is 2.28. The molecule has 0 amide bonds. The SMILES string of the molecule is CCCCO[C@@H]1CO[C@H]2[C@@H]1OC[C@H]2O. The van der Waals surface area contributed by atoms with Crippen molar-refractivity contribution in [1.82, 2.24) is 0 Å². The molecule has 82 valence electrons. The van der Waals surface area contributed by atoms with Crippen LogP contribution in [0, 0.1) is 0 Å². The van der Waals surface area contributed by atoms with Crippen LogP contribution in [0.1, 0.15) is 19.8 Å². The van der Waals surface area contributed by atoms with Crippen molar-refractivity contribution in [3.05, 3.63) is 0 Å². The summed E-state index contributed by atoms with van der Waals surface area (Å²) in [5.41, 5.74) is 0. The van der Waals surface area contributed by atoms with Crippen LogP contribution in [0.4, 0.5) is 0 Å². The minimum absolute atomic E-state index is 0.0173. The number of ether oxygens (including phenoxy) is 3. The lowest BCUT2D eigenvalue weighted by molar-refractivity contribution is -0.0375. The summed E-state index contributed by atoms with van der Waals surface area (Å²) in [5.74, 6) is 0. The van der Waals surface area contributed by atoms with Crippen LogP contribution in [0.2, 0.25) is 0 Å². The highest BCUT2D eigenvalue weighted by atomic mass is 16.6. The number of unbranched alkanes of at least 4 members (excludes halogenated alkanes) is 1. The molecular weight excluding hydrogens is 184 g/mol. The lowest BCUT2D eigenvalue weighted by atomic mass is 10.1. The van der Waals surface area contributed by atoms with E-state index in [2.05, 4.69) is 6.92 Å². The maximum Gasteiger partial charge on any atom is 0.115 e. The minimum atomic E-state index is -0.472. The zero-order valence-electron chi connectivity index (χ0n) is 8.52. The quantitative estimate of drug-likeness (QED) is 0.667. The molecule has 2 heterocycles. The summed E-state index contributed by atoms with van der Waals surface area (Å²) in [5, 5.41) is 9.48. The van der Waals surface area contributed by atoms with E-state index in [-0.39, 0.29) is 18.3 Å². The van der Waals surface area contributed by atoms with Gasteiger partial charge in [-0.15, -0.1) is 0 Å². The first-order valence-electron chi connectivity index (χ1n) is 5.35. The molecule has 0 saturated carbocycles. The fraction of sp³-hybridized carbons (Fsp3) is 1.00. The Labute approximate surface area is 84.1 Å². The van der Waals surface area contributed by atoms with Crippen molar-refractivity contribution in [2.45, 2.75) is 44.2 Å². The molecule has 0 spiro atoms. The van der Waals surface area contributed by atoms with E-state index in [4.69, 9.17) is 14.2 Å². The van der Waals surface area contributed by atoms with Gasteiger partial charge in [-0.25, -0.2) is 0 Å². The summed E-state index contributed by atoms with van der Waals surface area (Å²) < 4.78 is 16.5. The average molecular weight is 202 g/mol. The third-order valence-electron chi connectivity index (χ3n) is 2.81. The van der Waals surface area contributed by atoms with Crippen LogP contribution in [-0.4, -0.2) is 49.3 Å². The number of hydrogen-bond acceptors (Lipinski definition) is 4. The molecule has 2 saturated heterocycles. The van der Waals surface area contributed by atoms with Crippen LogP contribution in [-0.2, 0) is 14.2 Å². The zero-order valence-corrected chi connectivity index (χ0v) is 8.52. The summed E-state index contributed by atoms with van der Waals surface area (Å²) in [7, 11) is 0. The predicted molar refractivity (Wildman–Crippen MR) is 50.1 cm³/mol. The Morgan fingerprint density at radius 3 is 2.86 bits per heavy atom. The first-order chi connectivity index (χ1) is 6.83. The van der Waals surface area contributed by atoms with E-state index >= 15 is 0 Å². The standard InChI is InChI=1S/C10H18O4/c1-2-3-4-12-8-6-14-9-7(11)5-13-10(8)9/h7-11H,2-6H2,1H3/t7-,8-,9-,10-/m1/s1. The number of aliphatic hydroxyl groups excluding tert-OH is 1. The van der Waals surface area contributed by atoms with E-state index in [0.29, 0.717) is 13.2 Å². The molecule has 0 aromatic carbocycles. The Kier molecular flexibility index (Phi) is 3.38. The van der Waals surface area contributed by atoms with Gasteiger partial charge >= 0.3 is 0 Å². The molecule has 4 heteroatoms. The smallest absolute Gasteiger partial charge is 0.115 e. The molecule has 4 atom stereocenters. The Hall–Kier alpha value is -0.160. The fourth-order valence-corrected chi connectivity index (χ4v) is 1.97. The summed E-state index contributed by atoms with van der Waals surface area (Å²) in [6, 6.07) is 0. The van der Waals surface area contributed by atoms with E-state index in [9.17, 15) is 5.11 Å². The van der Waals surface area contributed by atoms with Gasteiger partial charge in [0.1, 0.15) is 24.4 Å². The van der Waals surface area contributed by atoms with Crippen LogP contribution in [0.5, 0.6) is 0 Å². The van der Waals surface area contributed by atoms with E-state index in [1.165, 1.54) is 0 Å². The van der Waals surface area contributed by atoms with Gasteiger partial charge in [-0.05, 0) is 6.42 Å². The zero-order chi connectivity index (χ0) is 9.97. The first kappa shape index (κ1) is 10.4. The summed E-state index contributed by atoms with van der Waals surface area (Å²) in [4.78, 5) is 0. The van der Waals surface area contributed by atoms with Crippen LogP contribution in [0.15, 0.2) is 0 Å². The van der Waals surface area contributed by atoms with Crippen molar-refractivity contribution in [2.24, 2.45) is 0 Å². The largest absolute Gasteiger partial charge is 0.388 e. The second-order valence-corrected chi connectivity index (χ2v) is 3.93. The predicted octanol–water partition coefficient (Wildman–Crippen LogP) is 0.330. The first-order valence-corrected chi connectivity index (χ1v) is 5.35. The van der Waals surface area contributed by atoms with Gasteiger partial charge in [-0.3, -0.25) is 0 Å². The van der Waals surface area contributed by atoms with E-state index in [1.54, 1.807) is 0 Å². The van der Waals surface area contributed by atoms with Gasteiger partial charge in [0.05, 0.1) is 13.2 Å². The lowest BCUT2D eigenvalue weighted by Crippen LogP contribution is -2.33. The molecule has 2 fully saturated rings. The molecule has 0 aromatic rings. The normalized spacial score (nSPS) is 41.6. The Bertz CT molecular complexity index is 185. The van der Waals surface area contributed by atoms with Gasteiger partial charge < -0.3 is 19.3 Å². The molecule has 0 aromatic heterocycles. The summed E-state index contributed by atoms with van der Waals surface area (Å²) in [6.07, 6.45) is 1.52. The molecule has 1 N–H and O–H groups in total. The molecule has 2 rings (SSSR count). The number of aliphatic hydroxyl groups is 1. The molecule has 0 aliphatic carbocycles. The summed E-state index contributed by atoms with van der Waals surface area (Å²) in [6.45, 7) is 3.82. The van der Waals surface area contributed by atoms with Gasteiger partial charge in [0.15, 0.2) is 0 Å². The van der Waals surface area contributed by atoms with Gasteiger partial charge in [0, 0.05) is 6.61 Å². The Morgan fingerprint density at radius 1 is 1.29 bits per heavy atom. The van der Waals surface area contributed by atoms with Crippen LogP contribution >= 0.6 is 0 Å². The highest BCUT2D eigenvalue weighted by Gasteiger charge is 2.47. The monoisotopic (exact) mass is 202 g/mol. The van der Waals surface area contributed by atoms with Crippen molar-refractivity contribution >= 4 is 0 Å². The van der Waals surface area contributed by atoms with E-state index in [0.717, 1.165) is 19.4 Å². The molecule has 2 aliphatic rings. The topological polar surface area (TPSA) is 47.9 Å². The van der Waals surface area contributed by atoms with Crippen molar-refractivity contribution in [3.63, 3.8) is 0 Å². The van der Waals surface area contributed by atoms with Crippen LogP contribution < -0.4 is 0 Å². The van der Waals surface area contributed by atoms with Crippen molar-refractivity contribution in [3.8, 4) is 0 Å². The number of fused-ring (bicyclic) bond motifs is 1. The molecule has 2 aliphatic heterocycles. The van der Waals surface area contributed by atoms with Gasteiger partial charge in [0.25, 0.3) is 0 Å². The second-order valence-electron chi connectivity index (χ2n) is 3.93. The molecule has 0 radical (unpaired) electrons. The van der Waals surface area contributed by atoms with Crippen molar-refractivity contribution < 1.29 is 19.3 Å². The number of hydrogen-bond donors (Lipinski definition) is 1. The van der Waals surface area contributed by atoms with Gasteiger partial charge in [-0.1, -0.05) is 13.3 Å². The Balaban J connectivity index is 1.78. The lowest BCUT2D eigenvalue weighted by Gasteiger charge is -2.16. The molecule has 4 nitrogen and oxygen atoms in total. The van der Waals surface area contributed by atoms with Crippen LogP contribution in [0.3, 0.4) is 0 Å². The third-order valence-corrected chi connectivity index (χ3v) is 2.81. The van der Waals surface area contributed by atoms with Gasteiger partial charge in [-0.2, -0.15) is 0 Å². The molecule has 14 heavy (non-hydrogen) atoms. The minimum Gasteiger partial charge on any atom is -0.388 e. The van der Waals surface area contributed by atoms with E-state index < -0.39 is 6.10 Å². The van der Waals surface area contributed by atoms with Crippen molar-refractivity contribution in [2.75, 3.05) is 19.8 Å². The maximum absolute atomic E-state index is 9.48. The molecule has 0 bridgehead atoms. The molecule has 0 unspecified atom stereocenters. The average Bonchev–Trinajstić information content (AvgIpc) is 2.72. The van der Waals surface area contributed by atoms with Crippen molar-refractivity contribution in [1.29, 1.82) is 0 Å². The molecular formula is C10H18O4. The highest BCUT2D eigenvalue weighted by molar-refractivity contribution is 4.94. The maximum atomic E-state index is 9.48.